The third-order valence-corrected chi connectivity index (χ3v) is 20.6. The molecule has 0 heterocycles. The number of esters is 2. The molecule has 0 spiro atoms. The Morgan fingerprint density at radius 1 is 0.554 bits per heavy atom. The maximum absolute atomic E-state index is 12.4. The van der Waals surface area contributed by atoms with Crippen LogP contribution in [-0.2, 0) is 55.9 Å². The van der Waals surface area contributed by atoms with E-state index in [2.05, 4.69) is 67.9 Å². The van der Waals surface area contributed by atoms with Crippen LogP contribution in [0, 0.1) is 0 Å². The Bertz CT molecular complexity index is 2100. The molecule has 0 aliphatic heterocycles. The summed E-state index contributed by atoms with van der Waals surface area (Å²) in [5.41, 5.74) is 1.60. The topological polar surface area (TPSA) is 196 Å². The van der Waals surface area contributed by atoms with Gasteiger partial charge in [-0.2, -0.15) is 0 Å². The molecular formula is C62H110LiN6O11PSi2. The summed E-state index contributed by atoms with van der Waals surface area (Å²) in [6.07, 6.45) is 28.2. The van der Waals surface area contributed by atoms with Gasteiger partial charge in [-0.25, -0.2) is 33.3 Å². The largest absolute Gasteiger partial charge is 1.00 e. The minimum atomic E-state index is -2.44. The first-order chi connectivity index (χ1) is 38.7. The molecule has 0 bridgehead atoms. The Kier molecular flexibility index (Phi) is 50.1. The number of nitrogens with zero attached hydrogens (tertiary/aromatic N) is 5. The number of alkyl carbamates (subject to hydrolysis) is 1. The summed E-state index contributed by atoms with van der Waals surface area (Å²) in [5, 5.41) is 2.29. The Morgan fingerprint density at radius 2 is 0.928 bits per heavy atom. The Labute approximate surface area is 517 Å². The molecule has 2 rings (SSSR count). The van der Waals surface area contributed by atoms with E-state index < -0.39 is 72.5 Å². The molecule has 1 atom stereocenters. The van der Waals surface area contributed by atoms with Gasteiger partial charge in [0.05, 0.1) is 14.2 Å². The fourth-order valence-corrected chi connectivity index (χ4v) is 18.5. The molecule has 0 fully saturated rings. The number of ketones is 1. The second-order valence-corrected chi connectivity index (χ2v) is 35.7. The van der Waals surface area contributed by atoms with Gasteiger partial charge in [-0.3, -0.25) is 18.9 Å². The molecule has 2 aromatic rings. The summed E-state index contributed by atoms with van der Waals surface area (Å²) in [6.45, 7) is 17.8. The number of unbranched alkanes of at least 4 members (excludes halogenated alkanes) is 18. The van der Waals surface area contributed by atoms with Crippen LogP contribution < -0.4 is 24.2 Å². The van der Waals surface area contributed by atoms with Gasteiger partial charge in [0.2, 0.25) is 0 Å². The van der Waals surface area contributed by atoms with Gasteiger partial charge in [-0.05, 0) is 91.2 Å². The van der Waals surface area contributed by atoms with Crippen LogP contribution in [0.4, 0.5) is 9.59 Å². The van der Waals surface area contributed by atoms with E-state index >= 15 is 0 Å². The van der Waals surface area contributed by atoms with Crippen molar-refractivity contribution in [3.8, 4) is 0 Å². The van der Waals surface area contributed by atoms with Crippen LogP contribution in [0.3, 0.4) is 0 Å². The molecule has 0 aliphatic rings. The van der Waals surface area contributed by atoms with Gasteiger partial charge in [-0.15, -0.1) is 0 Å². The van der Waals surface area contributed by atoms with Gasteiger partial charge < -0.3 is 28.9 Å². The van der Waals surface area contributed by atoms with E-state index in [4.69, 9.17) is 14.1 Å². The molecule has 0 radical (unpaired) electrons. The normalized spacial score (nSPS) is 11.7. The van der Waals surface area contributed by atoms with Gasteiger partial charge in [0.1, 0.15) is 19.8 Å². The summed E-state index contributed by atoms with van der Waals surface area (Å²) in [4.78, 5) is 73.4. The number of amides is 3. The third kappa shape index (κ3) is 44.9. The van der Waals surface area contributed by atoms with Gasteiger partial charge in [0.15, 0.2) is 11.8 Å². The Morgan fingerprint density at radius 3 is 1.27 bits per heavy atom. The molecule has 3 amide bonds. The maximum atomic E-state index is 12.4. The smallest absolute Gasteiger partial charge is 0.668 e. The summed E-state index contributed by atoms with van der Waals surface area (Å²) in [7, 11) is 8.65. The van der Waals surface area contributed by atoms with Crippen LogP contribution in [0.1, 0.15) is 153 Å². The summed E-state index contributed by atoms with van der Waals surface area (Å²) < 4.78 is 41.6. The zero-order valence-electron chi connectivity index (χ0n) is 54.6. The number of carbonyl (C=O) groups excluding carboxylic acids is 6. The summed E-state index contributed by atoms with van der Waals surface area (Å²) >= 11 is 0. The fourth-order valence-electron chi connectivity index (χ4n) is 8.27. The maximum Gasteiger partial charge on any atom is 1.00 e. The van der Waals surface area contributed by atoms with E-state index in [0.717, 1.165) is 54.6 Å². The first kappa shape index (κ1) is 83.1. The third-order valence-electron chi connectivity index (χ3n) is 12.1. The van der Waals surface area contributed by atoms with Gasteiger partial charge in [0, 0.05) is 0 Å². The monoisotopic (exact) mass is 1210 g/mol. The number of methoxy groups -OCH3 is 2. The molecular weight excluding hydrogens is 1100 g/mol. The molecule has 1 N–H and O–H groups in total. The van der Waals surface area contributed by atoms with Gasteiger partial charge >= 0.3 is 43.0 Å². The first-order valence-corrected chi connectivity index (χ1v) is 38.0. The number of hydrogen-bond acceptors (Lipinski definition) is 11. The minimum absolute atomic E-state index is 0. The molecule has 0 aromatic heterocycles. The molecule has 0 aliphatic carbocycles. The predicted octanol–water partition coefficient (Wildman–Crippen LogP) is 12.1. The van der Waals surface area contributed by atoms with Crippen molar-refractivity contribution >= 4 is 59.9 Å². The van der Waals surface area contributed by atoms with Crippen LogP contribution in [0.15, 0.2) is 85.0 Å². The van der Waals surface area contributed by atoms with E-state index in [0.29, 0.717) is 0 Å². The van der Waals surface area contributed by atoms with Crippen molar-refractivity contribution in [2.45, 2.75) is 201 Å². The van der Waals surface area contributed by atoms with Crippen molar-refractivity contribution in [2.24, 2.45) is 0 Å². The number of imide groups is 1. The standard InChI is InChI=1S/2C25H37NO5.C6H18N3OP.C6H18NSi2.Li/c1-3-4-5-6-7-8-9-10-11-12-16-19-23(27)26(20-24(28)30-2)25(29)31-21-22-17-14-13-15-18-22;1-3-4-5-6-7-8-9-10-11-12-16-19-22(27)23(24(28)30-2)26-25(29)31-20-21-17-14-13-15-18-21;1-7(2)11(10,8(3)4)9(5)6;1-8(2,3)7-9(4,5)6;/h13-19H,3-12,20-21H2,1-2H3;13-19,23H,3-12,20H2,1-2H3,(H,26,29);1-6H3;1-6H3;/q;;;-1;+1/b2*19-16+;;;. The fraction of sp³-hybridized carbons (Fsp3) is 0.645. The second-order valence-electron chi connectivity index (χ2n) is 22.7. The number of ether oxygens (including phenoxy) is 4. The number of benzene rings is 2. The zero-order valence-corrected chi connectivity index (χ0v) is 57.5. The molecule has 21 heteroatoms. The molecule has 0 saturated carbocycles. The van der Waals surface area contributed by atoms with Crippen molar-refractivity contribution < 1.29 is 71.1 Å². The molecule has 0 saturated heterocycles. The van der Waals surface area contributed by atoms with Crippen LogP contribution in [0.25, 0.3) is 4.65 Å². The van der Waals surface area contributed by atoms with E-state index in [1.165, 1.54) is 116 Å². The predicted molar refractivity (Wildman–Crippen MR) is 342 cm³/mol. The zero-order chi connectivity index (χ0) is 62.4. The Hall–Kier alpha value is -4.16. The van der Waals surface area contributed by atoms with Crippen molar-refractivity contribution in [1.29, 1.82) is 0 Å². The first-order valence-electron chi connectivity index (χ1n) is 29.6. The van der Waals surface area contributed by atoms with E-state index in [1.54, 1.807) is 26.2 Å². The average molecular weight is 1210 g/mol. The molecule has 17 nitrogen and oxygen atoms in total. The molecule has 1 unspecified atom stereocenters. The van der Waals surface area contributed by atoms with Crippen LogP contribution in [0.5, 0.6) is 0 Å². The molecule has 468 valence electrons. The van der Waals surface area contributed by atoms with E-state index in [1.807, 2.05) is 103 Å². The van der Waals surface area contributed by atoms with E-state index in [-0.39, 0.29) is 32.1 Å². The number of allylic oxidation sites excluding steroid dienone is 2. The molecule has 83 heavy (non-hydrogen) atoms. The summed E-state index contributed by atoms with van der Waals surface area (Å²) in [6, 6.07) is 16.9. The number of hydrogen-bond donors (Lipinski definition) is 1. The number of rotatable bonds is 36. The van der Waals surface area contributed by atoms with Crippen LogP contribution in [0.2, 0.25) is 39.3 Å². The minimum Gasteiger partial charge on any atom is -0.668 e. The van der Waals surface area contributed by atoms with Crippen molar-refractivity contribution in [2.75, 3.05) is 63.1 Å². The van der Waals surface area contributed by atoms with Crippen LogP contribution in [-0.4, -0.2) is 140 Å². The SMILES string of the molecule is CCCCCCCCCCC/C=C/C(=O)C(NC(=O)OCc1ccccc1)C(=O)OC.CCCCCCCCCCC/C=C/C(=O)N(CC(=O)OC)C(=O)OCc1ccccc1.CN(C)P(=O)(N(C)C)N(C)C.C[Si](C)(C)[N-][Si](C)(C)C.[Li+]. The van der Waals surface area contributed by atoms with Crippen molar-refractivity contribution in [1.82, 2.24) is 24.2 Å². The van der Waals surface area contributed by atoms with Gasteiger partial charge in [-0.1, -0.05) is 245 Å². The van der Waals surface area contributed by atoms with Crippen molar-refractivity contribution in [3.63, 3.8) is 0 Å². The van der Waals surface area contributed by atoms with Crippen LogP contribution >= 0.6 is 7.59 Å². The number of carbonyl (C=O) groups is 6. The van der Waals surface area contributed by atoms with Crippen molar-refractivity contribution in [3.05, 3.63) is 101 Å². The average Bonchev–Trinajstić information content (AvgIpc) is 3.51. The Balaban J connectivity index is -0.00000115. The molecule has 2 aromatic carbocycles. The van der Waals surface area contributed by atoms with E-state index in [9.17, 15) is 33.3 Å². The van der Waals surface area contributed by atoms with Gasteiger partial charge in [0.25, 0.3) is 13.5 Å². The quantitative estimate of drug-likeness (QED) is 0.0129. The number of nitrogens with one attached hydrogen (secondary N) is 1. The second kappa shape index (κ2) is 50.0. The summed E-state index contributed by atoms with van der Waals surface area (Å²) in [5.74, 6) is -2.62.